The van der Waals surface area contributed by atoms with Gasteiger partial charge in [-0.05, 0) is 31.1 Å². The largest absolute Gasteiger partial charge is 0.396 e. The number of aliphatic hydroxyl groups excluding tert-OH is 1. The quantitative estimate of drug-likeness (QED) is 0.633. The van der Waals surface area contributed by atoms with E-state index >= 15 is 0 Å². The first-order chi connectivity index (χ1) is 4.92. The van der Waals surface area contributed by atoms with E-state index < -0.39 is 5.60 Å². The highest BCUT2D eigenvalue weighted by molar-refractivity contribution is 5.05. The van der Waals surface area contributed by atoms with Crippen molar-refractivity contribution in [2.24, 2.45) is 11.3 Å². The van der Waals surface area contributed by atoms with Gasteiger partial charge in [0.15, 0.2) is 0 Å². The third-order valence-electron chi connectivity index (χ3n) is 3.53. The first kappa shape index (κ1) is 9.01. The number of hydrogen-bond donors (Lipinski definition) is 2. The lowest BCUT2D eigenvalue weighted by atomic mass is 9.51. The zero-order valence-electron chi connectivity index (χ0n) is 7.59. The molecule has 2 nitrogen and oxygen atoms in total. The molecule has 0 amide bonds. The third-order valence-corrected chi connectivity index (χ3v) is 3.53. The molecular weight excluding hydrogens is 140 g/mol. The molecule has 0 aromatic rings. The minimum atomic E-state index is -0.521. The Morgan fingerprint density at radius 3 is 2.18 bits per heavy atom. The van der Waals surface area contributed by atoms with Crippen molar-refractivity contribution in [3.05, 3.63) is 0 Å². The van der Waals surface area contributed by atoms with E-state index in [0.717, 1.165) is 12.8 Å². The topological polar surface area (TPSA) is 40.5 Å². The summed E-state index contributed by atoms with van der Waals surface area (Å²) in [5.74, 6) is 0.488. The first-order valence-corrected chi connectivity index (χ1v) is 4.25. The number of hydrogen-bond acceptors (Lipinski definition) is 2. The molecule has 1 aliphatic carbocycles. The Kier molecular flexibility index (Phi) is 2.01. The lowest BCUT2D eigenvalue weighted by Crippen LogP contribution is -2.58. The average molecular weight is 158 g/mol. The standard InChI is InChI=1S/C9H18O2/c1-8(2)7(4-5-10)6-9(8,3)11/h7,10-11H,4-6H2,1-3H3. The van der Waals surface area contributed by atoms with Crippen LogP contribution in [-0.4, -0.2) is 22.4 Å². The van der Waals surface area contributed by atoms with Crippen molar-refractivity contribution in [1.29, 1.82) is 0 Å². The second-order valence-corrected chi connectivity index (χ2v) is 4.41. The van der Waals surface area contributed by atoms with E-state index in [-0.39, 0.29) is 12.0 Å². The van der Waals surface area contributed by atoms with Gasteiger partial charge in [-0.3, -0.25) is 0 Å². The molecule has 0 bridgehead atoms. The fourth-order valence-electron chi connectivity index (χ4n) is 1.93. The highest BCUT2D eigenvalue weighted by Crippen LogP contribution is 2.55. The molecule has 0 saturated heterocycles. The molecule has 2 atom stereocenters. The summed E-state index contributed by atoms with van der Waals surface area (Å²) in [7, 11) is 0. The minimum absolute atomic E-state index is 0.0181. The van der Waals surface area contributed by atoms with E-state index in [1.807, 2.05) is 6.92 Å². The van der Waals surface area contributed by atoms with Gasteiger partial charge in [0.05, 0.1) is 5.60 Å². The Hall–Kier alpha value is -0.0800. The SMILES string of the molecule is CC1(O)CC(CCO)C1(C)C. The van der Waals surface area contributed by atoms with Gasteiger partial charge < -0.3 is 10.2 Å². The summed E-state index contributed by atoms with van der Waals surface area (Å²) in [6, 6.07) is 0. The Balaban J connectivity index is 2.54. The second-order valence-electron chi connectivity index (χ2n) is 4.41. The van der Waals surface area contributed by atoms with Gasteiger partial charge >= 0.3 is 0 Å². The highest BCUT2D eigenvalue weighted by atomic mass is 16.3. The minimum Gasteiger partial charge on any atom is -0.396 e. The molecule has 2 unspecified atom stereocenters. The van der Waals surface area contributed by atoms with E-state index in [0.29, 0.717) is 5.92 Å². The molecule has 1 fully saturated rings. The van der Waals surface area contributed by atoms with Gasteiger partial charge in [-0.15, -0.1) is 0 Å². The predicted molar refractivity (Wildman–Crippen MR) is 44.2 cm³/mol. The van der Waals surface area contributed by atoms with E-state index in [1.54, 1.807) is 0 Å². The summed E-state index contributed by atoms with van der Waals surface area (Å²) in [5.41, 5.74) is -0.539. The molecule has 0 aromatic carbocycles. The molecule has 1 saturated carbocycles. The fourth-order valence-corrected chi connectivity index (χ4v) is 1.93. The molecule has 0 spiro atoms. The van der Waals surface area contributed by atoms with E-state index in [9.17, 15) is 5.11 Å². The van der Waals surface area contributed by atoms with E-state index in [1.165, 1.54) is 0 Å². The van der Waals surface area contributed by atoms with Gasteiger partial charge in [0, 0.05) is 6.61 Å². The van der Waals surface area contributed by atoms with Crippen molar-refractivity contribution in [2.45, 2.75) is 39.2 Å². The maximum atomic E-state index is 9.76. The zero-order valence-corrected chi connectivity index (χ0v) is 7.59. The van der Waals surface area contributed by atoms with Crippen LogP contribution in [0.1, 0.15) is 33.6 Å². The average Bonchev–Trinajstić information content (AvgIpc) is 1.87. The molecule has 0 heterocycles. The fraction of sp³-hybridized carbons (Fsp3) is 1.00. The van der Waals surface area contributed by atoms with Crippen LogP contribution in [0.25, 0.3) is 0 Å². The number of aliphatic hydroxyl groups is 2. The van der Waals surface area contributed by atoms with Crippen LogP contribution < -0.4 is 0 Å². The van der Waals surface area contributed by atoms with Crippen LogP contribution in [0.2, 0.25) is 0 Å². The van der Waals surface area contributed by atoms with Crippen LogP contribution in [0.5, 0.6) is 0 Å². The molecule has 1 aliphatic rings. The molecule has 66 valence electrons. The summed E-state index contributed by atoms with van der Waals surface area (Å²) >= 11 is 0. The molecule has 2 heteroatoms. The summed E-state index contributed by atoms with van der Waals surface area (Å²) in [6.45, 7) is 6.25. The Morgan fingerprint density at radius 1 is 1.36 bits per heavy atom. The Bertz CT molecular complexity index is 150. The lowest BCUT2D eigenvalue weighted by Gasteiger charge is -2.57. The van der Waals surface area contributed by atoms with Crippen LogP contribution in [-0.2, 0) is 0 Å². The smallest absolute Gasteiger partial charge is 0.0676 e. The van der Waals surface area contributed by atoms with Crippen molar-refractivity contribution in [1.82, 2.24) is 0 Å². The molecular formula is C9H18O2. The summed E-state index contributed by atoms with van der Waals surface area (Å²) in [5, 5.41) is 18.5. The van der Waals surface area contributed by atoms with Crippen molar-refractivity contribution in [2.75, 3.05) is 6.61 Å². The van der Waals surface area contributed by atoms with Crippen molar-refractivity contribution >= 4 is 0 Å². The number of rotatable bonds is 2. The van der Waals surface area contributed by atoms with Crippen LogP contribution in [0.15, 0.2) is 0 Å². The van der Waals surface area contributed by atoms with Gasteiger partial charge in [-0.1, -0.05) is 13.8 Å². The molecule has 11 heavy (non-hydrogen) atoms. The summed E-state index contributed by atoms with van der Waals surface area (Å²) in [6.07, 6.45) is 1.66. The van der Waals surface area contributed by atoms with Crippen molar-refractivity contribution < 1.29 is 10.2 Å². The maximum Gasteiger partial charge on any atom is 0.0676 e. The van der Waals surface area contributed by atoms with Crippen LogP contribution >= 0.6 is 0 Å². The lowest BCUT2D eigenvalue weighted by molar-refractivity contribution is -0.185. The van der Waals surface area contributed by atoms with Crippen molar-refractivity contribution in [3.63, 3.8) is 0 Å². The normalized spacial score (nSPS) is 41.7. The van der Waals surface area contributed by atoms with Crippen LogP contribution in [0.3, 0.4) is 0 Å². The van der Waals surface area contributed by atoms with E-state index in [2.05, 4.69) is 13.8 Å². The van der Waals surface area contributed by atoms with Crippen molar-refractivity contribution in [3.8, 4) is 0 Å². The molecule has 2 N–H and O–H groups in total. The Labute approximate surface area is 68.2 Å². The Morgan fingerprint density at radius 2 is 1.91 bits per heavy atom. The third kappa shape index (κ3) is 1.18. The first-order valence-electron chi connectivity index (χ1n) is 4.25. The zero-order chi connectivity index (χ0) is 8.70. The van der Waals surface area contributed by atoms with Crippen LogP contribution in [0.4, 0.5) is 0 Å². The second kappa shape index (κ2) is 2.46. The predicted octanol–water partition coefficient (Wildman–Crippen LogP) is 1.17. The molecule has 1 rings (SSSR count). The van der Waals surface area contributed by atoms with E-state index in [4.69, 9.17) is 5.11 Å². The summed E-state index contributed by atoms with van der Waals surface area (Å²) < 4.78 is 0. The maximum absolute atomic E-state index is 9.76. The summed E-state index contributed by atoms with van der Waals surface area (Å²) in [4.78, 5) is 0. The van der Waals surface area contributed by atoms with Gasteiger partial charge in [0.1, 0.15) is 0 Å². The van der Waals surface area contributed by atoms with Gasteiger partial charge in [0.25, 0.3) is 0 Å². The van der Waals surface area contributed by atoms with Gasteiger partial charge in [0.2, 0.25) is 0 Å². The molecule has 0 radical (unpaired) electrons. The monoisotopic (exact) mass is 158 g/mol. The van der Waals surface area contributed by atoms with Gasteiger partial charge in [-0.25, -0.2) is 0 Å². The molecule has 0 aliphatic heterocycles. The van der Waals surface area contributed by atoms with Gasteiger partial charge in [-0.2, -0.15) is 0 Å². The van der Waals surface area contributed by atoms with Crippen LogP contribution in [0, 0.1) is 11.3 Å². The highest BCUT2D eigenvalue weighted by Gasteiger charge is 2.55. The molecule has 0 aromatic heterocycles.